The van der Waals surface area contributed by atoms with Crippen LogP contribution in [0.4, 0.5) is 0 Å². The van der Waals surface area contributed by atoms with Crippen molar-refractivity contribution in [1.29, 1.82) is 0 Å². The van der Waals surface area contributed by atoms with E-state index in [0.29, 0.717) is 0 Å². The van der Waals surface area contributed by atoms with Gasteiger partial charge < -0.3 is 4.98 Å². The molecule has 0 aliphatic rings. The monoisotopic (exact) mass is 198 g/mol. The van der Waals surface area contributed by atoms with Crippen molar-refractivity contribution in [1.82, 2.24) is 20.2 Å². The molecule has 0 saturated heterocycles. The van der Waals surface area contributed by atoms with E-state index in [1.807, 2.05) is 30.9 Å². The zero-order valence-electron chi connectivity index (χ0n) is 8.28. The first-order chi connectivity index (χ1) is 7.36. The maximum absolute atomic E-state index is 4.36. The molecule has 0 amide bonds. The number of hydrogen-bond acceptors (Lipinski definition) is 2. The van der Waals surface area contributed by atoms with E-state index in [-0.39, 0.29) is 0 Å². The predicted octanol–water partition coefficient (Wildman–Crippen LogP) is 2.26. The Kier molecular flexibility index (Phi) is 1.62. The molecule has 0 aliphatic heterocycles. The number of aromatic amines is 2. The van der Waals surface area contributed by atoms with E-state index in [1.54, 1.807) is 0 Å². The van der Waals surface area contributed by atoms with Crippen LogP contribution in [0.25, 0.3) is 22.2 Å². The van der Waals surface area contributed by atoms with Crippen LogP contribution in [0.5, 0.6) is 0 Å². The van der Waals surface area contributed by atoms with Gasteiger partial charge in [0.1, 0.15) is 5.65 Å². The standard InChI is InChI=1S/C11H10N4/c1-7-9-2-3-12-11(9)13-6-10(7)8-4-14-15-5-8/h2-6H,1H3,(H,12,13)(H,14,15). The van der Waals surface area contributed by atoms with Crippen LogP contribution < -0.4 is 0 Å². The number of H-pyrrole nitrogens is 2. The molecule has 3 rings (SSSR count). The van der Waals surface area contributed by atoms with Crippen molar-refractivity contribution >= 4 is 11.0 Å². The van der Waals surface area contributed by atoms with Crippen molar-refractivity contribution < 1.29 is 0 Å². The van der Waals surface area contributed by atoms with Gasteiger partial charge in [0.25, 0.3) is 0 Å². The second-order valence-electron chi connectivity index (χ2n) is 3.52. The van der Waals surface area contributed by atoms with Crippen LogP contribution in [0.2, 0.25) is 0 Å². The molecular formula is C11H10N4. The second kappa shape index (κ2) is 2.95. The average molecular weight is 198 g/mol. The number of nitrogens with one attached hydrogen (secondary N) is 2. The van der Waals surface area contributed by atoms with Crippen molar-refractivity contribution in [2.24, 2.45) is 0 Å². The first-order valence-electron chi connectivity index (χ1n) is 4.78. The summed E-state index contributed by atoms with van der Waals surface area (Å²) in [5.41, 5.74) is 4.35. The van der Waals surface area contributed by atoms with Gasteiger partial charge >= 0.3 is 0 Å². The fourth-order valence-corrected chi connectivity index (χ4v) is 1.83. The molecule has 3 aromatic heterocycles. The van der Waals surface area contributed by atoms with Gasteiger partial charge in [0.2, 0.25) is 0 Å². The highest BCUT2D eigenvalue weighted by Crippen LogP contribution is 2.26. The van der Waals surface area contributed by atoms with Crippen molar-refractivity contribution in [2.45, 2.75) is 6.92 Å². The normalized spacial score (nSPS) is 11.0. The highest BCUT2D eigenvalue weighted by atomic mass is 15.1. The number of aryl methyl sites for hydroxylation is 1. The van der Waals surface area contributed by atoms with Gasteiger partial charge in [0.15, 0.2) is 0 Å². The van der Waals surface area contributed by atoms with E-state index >= 15 is 0 Å². The summed E-state index contributed by atoms with van der Waals surface area (Å²) in [7, 11) is 0. The zero-order chi connectivity index (χ0) is 10.3. The Bertz CT molecular complexity index is 592. The molecule has 0 spiro atoms. The molecule has 0 bridgehead atoms. The highest BCUT2D eigenvalue weighted by Gasteiger charge is 2.07. The summed E-state index contributed by atoms with van der Waals surface area (Å²) < 4.78 is 0. The molecule has 74 valence electrons. The Balaban J connectivity index is 2.32. The lowest BCUT2D eigenvalue weighted by molar-refractivity contribution is 1.09. The largest absolute Gasteiger partial charge is 0.346 e. The van der Waals surface area contributed by atoms with Crippen LogP contribution in [0.1, 0.15) is 5.56 Å². The SMILES string of the molecule is Cc1c(-c2cn[nH]c2)cnc2[nH]ccc12. The number of nitrogens with zero attached hydrogens (tertiary/aromatic N) is 2. The third-order valence-corrected chi connectivity index (χ3v) is 2.67. The third-order valence-electron chi connectivity index (χ3n) is 2.67. The van der Waals surface area contributed by atoms with Crippen molar-refractivity contribution in [2.75, 3.05) is 0 Å². The molecule has 4 heteroatoms. The topological polar surface area (TPSA) is 57.4 Å². The number of rotatable bonds is 1. The van der Waals surface area contributed by atoms with E-state index in [2.05, 4.69) is 27.1 Å². The number of aromatic nitrogens is 4. The van der Waals surface area contributed by atoms with Crippen LogP contribution in [0, 0.1) is 6.92 Å². The first kappa shape index (κ1) is 8.23. The lowest BCUT2D eigenvalue weighted by atomic mass is 10.0. The van der Waals surface area contributed by atoms with E-state index in [9.17, 15) is 0 Å². The summed E-state index contributed by atoms with van der Waals surface area (Å²) in [5, 5.41) is 7.92. The molecule has 15 heavy (non-hydrogen) atoms. The van der Waals surface area contributed by atoms with Crippen molar-refractivity contribution in [3.05, 3.63) is 36.4 Å². The van der Waals surface area contributed by atoms with E-state index < -0.39 is 0 Å². The molecule has 0 saturated carbocycles. The summed E-state index contributed by atoms with van der Waals surface area (Å²) in [5.74, 6) is 0. The van der Waals surface area contributed by atoms with Crippen LogP contribution in [-0.4, -0.2) is 20.2 Å². The predicted molar refractivity (Wildman–Crippen MR) is 58.4 cm³/mol. The molecule has 3 aromatic rings. The number of fused-ring (bicyclic) bond motifs is 1. The molecule has 0 fully saturated rings. The molecule has 0 unspecified atom stereocenters. The van der Waals surface area contributed by atoms with E-state index in [4.69, 9.17) is 0 Å². The van der Waals surface area contributed by atoms with Crippen molar-refractivity contribution in [3.63, 3.8) is 0 Å². The number of pyridine rings is 1. The Labute approximate surface area is 86.4 Å². The average Bonchev–Trinajstić information content (AvgIpc) is 2.87. The molecule has 0 aromatic carbocycles. The summed E-state index contributed by atoms with van der Waals surface area (Å²) in [6.07, 6.45) is 7.47. The quantitative estimate of drug-likeness (QED) is 0.630. The lowest BCUT2D eigenvalue weighted by Gasteiger charge is -2.03. The van der Waals surface area contributed by atoms with Crippen LogP contribution in [-0.2, 0) is 0 Å². The Morgan fingerprint density at radius 3 is 3.00 bits per heavy atom. The van der Waals surface area contributed by atoms with Gasteiger partial charge in [-0.1, -0.05) is 0 Å². The minimum atomic E-state index is 0.930. The van der Waals surface area contributed by atoms with Gasteiger partial charge in [-0.15, -0.1) is 0 Å². The van der Waals surface area contributed by atoms with Gasteiger partial charge in [-0.2, -0.15) is 5.10 Å². The molecule has 0 radical (unpaired) electrons. The van der Waals surface area contributed by atoms with Crippen molar-refractivity contribution in [3.8, 4) is 11.1 Å². The fourth-order valence-electron chi connectivity index (χ4n) is 1.83. The first-order valence-corrected chi connectivity index (χ1v) is 4.78. The van der Waals surface area contributed by atoms with Crippen LogP contribution >= 0.6 is 0 Å². The van der Waals surface area contributed by atoms with Crippen LogP contribution in [0.15, 0.2) is 30.9 Å². The Morgan fingerprint density at radius 2 is 2.20 bits per heavy atom. The summed E-state index contributed by atoms with van der Waals surface area (Å²) in [6.45, 7) is 2.10. The highest BCUT2D eigenvalue weighted by molar-refractivity contribution is 5.86. The molecule has 0 atom stereocenters. The lowest BCUT2D eigenvalue weighted by Crippen LogP contribution is -1.85. The third kappa shape index (κ3) is 1.15. The molecule has 4 nitrogen and oxygen atoms in total. The van der Waals surface area contributed by atoms with Crippen LogP contribution in [0.3, 0.4) is 0 Å². The van der Waals surface area contributed by atoms with E-state index in [0.717, 1.165) is 22.2 Å². The van der Waals surface area contributed by atoms with E-state index in [1.165, 1.54) is 5.56 Å². The number of hydrogen-bond donors (Lipinski definition) is 2. The Morgan fingerprint density at radius 1 is 1.27 bits per heavy atom. The second-order valence-corrected chi connectivity index (χ2v) is 3.52. The summed E-state index contributed by atoms with van der Waals surface area (Å²) >= 11 is 0. The van der Waals surface area contributed by atoms with Gasteiger partial charge in [-0.3, -0.25) is 5.10 Å². The maximum Gasteiger partial charge on any atom is 0.137 e. The van der Waals surface area contributed by atoms with Gasteiger partial charge in [-0.25, -0.2) is 4.98 Å². The summed E-state index contributed by atoms with van der Waals surface area (Å²) in [4.78, 5) is 7.46. The molecule has 3 heterocycles. The van der Waals surface area contributed by atoms with Gasteiger partial charge in [0.05, 0.1) is 6.20 Å². The van der Waals surface area contributed by atoms with Gasteiger partial charge in [-0.05, 0) is 18.6 Å². The molecule has 2 N–H and O–H groups in total. The fraction of sp³-hybridized carbons (Fsp3) is 0.0909. The minimum Gasteiger partial charge on any atom is -0.346 e. The Hall–Kier alpha value is -2.10. The smallest absolute Gasteiger partial charge is 0.137 e. The van der Waals surface area contributed by atoms with Gasteiger partial charge in [0, 0.05) is 35.1 Å². The molecule has 0 aliphatic carbocycles. The zero-order valence-corrected chi connectivity index (χ0v) is 8.28. The molecular weight excluding hydrogens is 188 g/mol. The maximum atomic E-state index is 4.36. The minimum absolute atomic E-state index is 0.930. The summed E-state index contributed by atoms with van der Waals surface area (Å²) in [6, 6.07) is 2.04.